The number of benzene rings is 1. The van der Waals surface area contributed by atoms with Crippen molar-refractivity contribution >= 4 is 0 Å². The Bertz CT molecular complexity index is 411. The van der Waals surface area contributed by atoms with Crippen LogP contribution >= 0.6 is 0 Å². The van der Waals surface area contributed by atoms with Crippen molar-refractivity contribution in [1.29, 1.82) is 0 Å². The van der Waals surface area contributed by atoms with Crippen molar-refractivity contribution < 1.29 is 0 Å². The van der Waals surface area contributed by atoms with Crippen LogP contribution in [0, 0.1) is 0 Å². The van der Waals surface area contributed by atoms with Crippen LogP contribution in [0.3, 0.4) is 0 Å². The van der Waals surface area contributed by atoms with E-state index in [1.54, 1.807) is 0 Å². The Morgan fingerprint density at radius 2 is 1.07 bits per heavy atom. The average molecular weight is 374 g/mol. The summed E-state index contributed by atoms with van der Waals surface area (Å²) in [6.45, 7) is 9.28. The molecule has 0 radical (unpaired) electrons. The van der Waals surface area contributed by atoms with Crippen molar-refractivity contribution in [2.24, 2.45) is 0 Å². The molecule has 0 spiro atoms. The van der Waals surface area contributed by atoms with Crippen LogP contribution < -0.4 is 0 Å². The molecule has 0 aliphatic rings. The maximum Gasteiger partial charge on any atom is 0.0236 e. The molecule has 0 aromatic heterocycles. The second kappa shape index (κ2) is 17.3. The summed E-state index contributed by atoms with van der Waals surface area (Å²) >= 11 is 0. The first-order valence-electron chi connectivity index (χ1n) is 12.0. The Labute approximate surface area is 170 Å². The lowest BCUT2D eigenvalue weighted by atomic mass is 10.0. The van der Waals surface area contributed by atoms with Crippen molar-refractivity contribution in [2.45, 2.75) is 123 Å². The summed E-state index contributed by atoms with van der Waals surface area (Å²) < 4.78 is 0. The van der Waals surface area contributed by atoms with E-state index in [2.05, 4.69) is 56.0 Å². The summed E-state index contributed by atoms with van der Waals surface area (Å²) in [5.41, 5.74) is 1.44. The highest BCUT2D eigenvalue weighted by molar-refractivity contribution is 5.14. The molecule has 1 aromatic rings. The number of rotatable bonds is 18. The molecule has 0 saturated heterocycles. The molecule has 0 saturated carbocycles. The van der Waals surface area contributed by atoms with Crippen molar-refractivity contribution in [3.63, 3.8) is 0 Å². The summed E-state index contributed by atoms with van der Waals surface area (Å²) in [6.07, 6.45) is 20.1. The second-order valence-electron chi connectivity index (χ2n) is 8.65. The zero-order chi connectivity index (χ0) is 19.6. The summed E-state index contributed by atoms with van der Waals surface area (Å²) in [4.78, 5) is 2.62. The summed E-state index contributed by atoms with van der Waals surface area (Å²) in [5.74, 6) is 0. The molecule has 0 bridgehead atoms. The minimum atomic E-state index is 0.632. The molecule has 0 atom stereocenters. The SMILES string of the molecule is CCCCCCCCCCCCCCCCN(Cc1ccccc1)C(C)C. The molecule has 0 N–H and O–H groups in total. The molecule has 1 heteroatoms. The van der Waals surface area contributed by atoms with Gasteiger partial charge in [0.05, 0.1) is 0 Å². The standard InChI is InChI=1S/C26H47N/c1-4-5-6-7-8-9-10-11-12-13-14-15-16-20-23-27(25(2)3)24-26-21-18-17-19-22-26/h17-19,21-22,25H,4-16,20,23-24H2,1-3H3. The highest BCUT2D eigenvalue weighted by Gasteiger charge is 2.09. The highest BCUT2D eigenvalue weighted by atomic mass is 15.1. The van der Waals surface area contributed by atoms with Gasteiger partial charge in [0.1, 0.15) is 0 Å². The van der Waals surface area contributed by atoms with Gasteiger partial charge in [0.2, 0.25) is 0 Å². The topological polar surface area (TPSA) is 3.24 Å². The van der Waals surface area contributed by atoms with Gasteiger partial charge in [0.15, 0.2) is 0 Å². The number of hydrogen-bond donors (Lipinski definition) is 0. The molecule has 0 fully saturated rings. The monoisotopic (exact) mass is 373 g/mol. The van der Waals surface area contributed by atoms with Crippen LogP contribution in [0.4, 0.5) is 0 Å². The number of nitrogens with zero attached hydrogens (tertiary/aromatic N) is 1. The molecule has 1 rings (SSSR count). The van der Waals surface area contributed by atoms with Gasteiger partial charge in [-0.3, -0.25) is 4.90 Å². The summed E-state index contributed by atoms with van der Waals surface area (Å²) in [5, 5.41) is 0. The van der Waals surface area contributed by atoms with Gasteiger partial charge in [0, 0.05) is 12.6 Å². The number of unbranched alkanes of at least 4 members (excludes halogenated alkanes) is 13. The molecule has 1 aromatic carbocycles. The van der Waals surface area contributed by atoms with Gasteiger partial charge in [-0.25, -0.2) is 0 Å². The van der Waals surface area contributed by atoms with Gasteiger partial charge < -0.3 is 0 Å². The van der Waals surface area contributed by atoms with E-state index in [1.807, 2.05) is 0 Å². The van der Waals surface area contributed by atoms with Crippen molar-refractivity contribution in [3.05, 3.63) is 35.9 Å². The normalized spacial score (nSPS) is 11.6. The second-order valence-corrected chi connectivity index (χ2v) is 8.65. The van der Waals surface area contributed by atoms with Crippen LogP contribution in [-0.4, -0.2) is 17.5 Å². The fourth-order valence-electron chi connectivity index (χ4n) is 3.85. The first kappa shape index (κ1) is 24.2. The lowest BCUT2D eigenvalue weighted by Crippen LogP contribution is -2.31. The fourth-order valence-corrected chi connectivity index (χ4v) is 3.85. The minimum absolute atomic E-state index is 0.632. The first-order valence-corrected chi connectivity index (χ1v) is 12.0. The van der Waals surface area contributed by atoms with Gasteiger partial charge in [-0.2, -0.15) is 0 Å². The van der Waals surface area contributed by atoms with Crippen LogP contribution in [-0.2, 0) is 6.54 Å². The summed E-state index contributed by atoms with van der Waals surface area (Å²) in [7, 11) is 0. The van der Waals surface area contributed by atoms with E-state index in [0.717, 1.165) is 6.54 Å². The Hall–Kier alpha value is -0.820. The number of hydrogen-bond acceptors (Lipinski definition) is 1. The third kappa shape index (κ3) is 13.9. The predicted molar refractivity (Wildman–Crippen MR) is 122 cm³/mol. The average Bonchev–Trinajstić information content (AvgIpc) is 2.68. The molecular weight excluding hydrogens is 326 g/mol. The van der Waals surface area contributed by atoms with E-state index in [9.17, 15) is 0 Å². The molecule has 156 valence electrons. The van der Waals surface area contributed by atoms with Crippen LogP contribution in [0.5, 0.6) is 0 Å². The molecule has 0 aliphatic carbocycles. The Balaban J connectivity index is 1.92. The Morgan fingerprint density at radius 3 is 1.52 bits per heavy atom. The fraction of sp³-hybridized carbons (Fsp3) is 0.769. The van der Waals surface area contributed by atoms with E-state index in [4.69, 9.17) is 0 Å². The van der Waals surface area contributed by atoms with Gasteiger partial charge >= 0.3 is 0 Å². The molecule has 0 aliphatic heterocycles. The van der Waals surface area contributed by atoms with Crippen LogP contribution in [0.2, 0.25) is 0 Å². The van der Waals surface area contributed by atoms with Crippen LogP contribution in [0.1, 0.15) is 116 Å². The highest BCUT2D eigenvalue weighted by Crippen LogP contribution is 2.14. The Kier molecular flexibility index (Phi) is 15.5. The van der Waals surface area contributed by atoms with E-state index in [1.165, 1.54) is 102 Å². The van der Waals surface area contributed by atoms with Gasteiger partial charge in [-0.1, -0.05) is 121 Å². The first-order chi connectivity index (χ1) is 13.2. The molecule has 0 unspecified atom stereocenters. The van der Waals surface area contributed by atoms with Gasteiger partial charge in [0.25, 0.3) is 0 Å². The quantitative estimate of drug-likeness (QED) is 0.233. The van der Waals surface area contributed by atoms with Crippen molar-refractivity contribution in [3.8, 4) is 0 Å². The third-order valence-corrected chi connectivity index (χ3v) is 5.76. The molecule has 0 heterocycles. The van der Waals surface area contributed by atoms with Gasteiger partial charge in [-0.15, -0.1) is 0 Å². The largest absolute Gasteiger partial charge is 0.297 e. The zero-order valence-electron chi connectivity index (χ0n) is 18.7. The molecule has 27 heavy (non-hydrogen) atoms. The molecule has 0 amide bonds. The van der Waals surface area contributed by atoms with Crippen molar-refractivity contribution in [1.82, 2.24) is 4.90 Å². The molecule has 1 nitrogen and oxygen atoms in total. The predicted octanol–water partition coefficient (Wildman–Crippen LogP) is 8.38. The Morgan fingerprint density at radius 1 is 0.630 bits per heavy atom. The van der Waals surface area contributed by atoms with Crippen LogP contribution in [0.25, 0.3) is 0 Å². The van der Waals surface area contributed by atoms with E-state index < -0.39 is 0 Å². The van der Waals surface area contributed by atoms with Crippen LogP contribution in [0.15, 0.2) is 30.3 Å². The minimum Gasteiger partial charge on any atom is -0.297 e. The van der Waals surface area contributed by atoms with E-state index in [-0.39, 0.29) is 0 Å². The van der Waals surface area contributed by atoms with Crippen molar-refractivity contribution in [2.75, 3.05) is 6.54 Å². The maximum atomic E-state index is 2.62. The lowest BCUT2D eigenvalue weighted by Gasteiger charge is -2.26. The van der Waals surface area contributed by atoms with Gasteiger partial charge in [-0.05, 0) is 32.4 Å². The third-order valence-electron chi connectivity index (χ3n) is 5.76. The van der Waals surface area contributed by atoms with E-state index >= 15 is 0 Å². The zero-order valence-corrected chi connectivity index (χ0v) is 18.7. The lowest BCUT2D eigenvalue weighted by molar-refractivity contribution is 0.208. The smallest absolute Gasteiger partial charge is 0.0236 e. The summed E-state index contributed by atoms with van der Waals surface area (Å²) in [6, 6.07) is 11.5. The molecular formula is C26H47N. The maximum absolute atomic E-state index is 2.62. The van der Waals surface area contributed by atoms with E-state index in [0.29, 0.717) is 6.04 Å².